The van der Waals surface area contributed by atoms with Crippen molar-refractivity contribution in [1.82, 2.24) is 0 Å². The molecule has 3 radical (unpaired) electrons. The first kappa shape index (κ1) is 18.0. The Bertz CT molecular complexity index is 78.6. The fourth-order valence-electron chi connectivity index (χ4n) is 0.750. The monoisotopic (exact) mass is 169 g/mol. The molecular weight excluding hydrogens is 143 g/mol. The molecule has 0 amide bonds. The zero-order chi connectivity index (χ0) is 8.41. The van der Waals surface area contributed by atoms with Crippen molar-refractivity contribution < 1.29 is 0 Å². The summed E-state index contributed by atoms with van der Waals surface area (Å²) in [6, 6.07) is 0. The molecule has 73 valence electrons. The average Bonchev–Trinajstić information content (AvgIpc) is 1.57. The quantitative estimate of drug-likeness (QED) is 0.518. The van der Waals surface area contributed by atoms with Gasteiger partial charge in [0, 0.05) is 8.41 Å². The summed E-state index contributed by atoms with van der Waals surface area (Å²) in [6.45, 7) is 13.8. The Balaban J connectivity index is -0.000000405. The number of rotatable bonds is 1. The Hall–Kier alpha value is 0.0649. The van der Waals surface area contributed by atoms with Crippen LogP contribution in [0, 0.1) is 10.8 Å². The second-order valence-electron chi connectivity index (χ2n) is 5.62. The molecule has 0 aliphatic rings. The van der Waals surface area contributed by atoms with Gasteiger partial charge < -0.3 is 0 Å². The van der Waals surface area contributed by atoms with E-state index in [1.165, 1.54) is 12.8 Å². The van der Waals surface area contributed by atoms with Crippen molar-refractivity contribution in [2.24, 2.45) is 10.8 Å². The molecule has 0 aromatic heterocycles. The zero-order valence-corrected chi connectivity index (χ0v) is 8.99. The van der Waals surface area contributed by atoms with Gasteiger partial charge >= 0.3 is 0 Å². The van der Waals surface area contributed by atoms with E-state index >= 15 is 0 Å². The Morgan fingerprint density at radius 2 is 0.833 bits per heavy atom. The summed E-state index contributed by atoms with van der Waals surface area (Å²) in [5.41, 5.74) is 1.01. The molecule has 0 aromatic rings. The number of hydrogen-bond acceptors (Lipinski definition) is 0. The Morgan fingerprint density at radius 1 is 0.667 bits per heavy atom. The molecule has 0 spiro atoms. The van der Waals surface area contributed by atoms with Crippen LogP contribution in [0.3, 0.4) is 0 Å². The smallest absolute Gasteiger partial charge is 0 e. The van der Waals surface area contributed by atoms with Crippen molar-refractivity contribution in [2.45, 2.75) is 61.8 Å². The summed E-state index contributed by atoms with van der Waals surface area (Å²) in [6.07, 6.45) is 2.66. The average molecular weight is 169 g/mol. The summed E-state index contributed by atoms with van der Waals surface area (Å²) in [5, 5.41) is 0. The lowest BCUT2D eigenvalue weighted by molar-refractivity contribution is 0.275. The van der Waals surface area contributed by atoms with Gasteiger partial charge in [0.1, 0.15) is 0 Å². The Morgan fingerprint density at radius 3 is 0.917 bits per heavy atom. The van der Waals surface area contributed by atoms with Gasteiger partial charge in [-0.05, 0) is 23.7 Å². The van der Waals surface area contributed by atoms with Gasteiger partial charge in [-0.1, -0.05) is 49.0 Å². The summed E-state index contributed by atoms with van der Waals surface area (Å²) in [5.74, 6) is 0. The van der Waals surface area contributed by atoms with Crippen LogP contribution in [0.2, 0.25) is 0 Å². The van der Waals surface area contributed by atoms with Gasteiger partial charge in [0.05, 0.1) is 0 Å². The second-order valence-corrected chi connectivity index (χ2v) is 5.62. The molecule has 0 bridgehead atoms. The summed E-state index contributed by atoms with van der Waals surface area (Å²) >= 11 is 0. The third kappa shape index (κ3) is 16.6. The van der Waals surface area contributed by atoms with Gasteiger partial charge in [0.15, 0.2) is 0 Å². The highest BCUT2D eigenvalue weighted by Gasteiger charge is 2.16. The molecule has 0 nitrogen and oxygen atoms in total. The van der Waals surface area contributed by atoms with E-state index in [0.717, 1.165) is 0 Å². The zero-order valence-electron chi connectivity index (χ0n) is 8.99. The van der Waals surface area contributed by atoms with Gasteiger partial charge in [0.25, 0.3) is 0 Å². The van der Waals surface area contributed by atoms with E-state index in [1.54, 1.807) is 0 Å². The van der Waals surface area contributed by atoms with Crippen LogP contribution < -0.4 is 0 Å². The standard InChI is InChI=1S/C10H22.CH4.B/c1-9(2,3)7-8-10(4,5)6;;/h7-8H2,1-6H3;1H4;. The first-order chi connectivity index (χ1) is 4.21. The van der Waals surface area contributed by atoms with Crippen LogP contribution in [0.5, 0.6) is 0 Å². The van der Waals surface area contributed by atoms with Crippen molar-refractivity contribution >= 4 is 8.41 Å². The van der Waals surface area contributed by atoms with E-state index in [-0.39, 0.29) is 15.8 Å². The largest absolute Gasteiger partial charge is 0.0776 e. The maximum atomic E-state index is 2.30. The third-order valence-electron chi connectivity index (χ3n) is 1.62. The van der Waals surface area contributed by atoms with Gasteiger partial charge in [-0.15, -0.1) is 0 Å². The Labute approximate surface area is 81.7 Å². The SMILES string of the molecule is C.CC(C)(C)CCC(C)(C)C.[B]. The molecule has 1 heteroatoms. The Kier molecular flexibility index (Phi) is 8.49. The highest BCUT2D eigenvalue weighted by molar-refractivity contribution is 5.75. The minimum Gasteiger partial charge on any atom is -0.0776 e. The summed E-state index contributed by atoms with van der Waals surface area (Å²) < 4.78 is 0. The van der Waals surface area contributed by atoms with Crippen LogP contribution in [-0.4, -0.2) is 8.41 Å². The van der Waals surface area contributed by atoms with Crippen molar-refractivity contribution in [1.29, 1.82) is 0 Å². The molecule has 0 aliphatic carbocycles. The summed E-state index contributed by atoms with van der Waals surface area (Å²) in [7, 11) is 0. The predicted octanol–water partition coefficient (Wildman–Crippen LogP) is 4.11. The van der Waals surface area contributed by atoms with Crippen LogP contribution in [0.15, 0.2) is 0 Å². The lowest BCUT2D eigenvalue weighted by atomic mass is 9.81. The first-order valence-electron chi connectivity index (χ1n) is 4.21. The van der Waals surface area contributed by atoms with Crippen molar-refractivity contribution in [3.63, 3.8) is 0 Å². The highest BCUT2D eigenvalue weighted by Crippen LogP contribution is 2.29. The fourth-order valence-corrected chi connectivity index (χ4v) is 0.750. The maximum Gasteiger partial charge on any atom is 0 e. The van der Waals surface area contributed by atoms with Crippen molar-refractivity contribution in [3.05, 3.63) is 0 Å². The topological polar surface area (TPSA) is 0 Å². The molecule has 0 saturated heterocycles. The van der Waals surface area contributed by atoms with Gasteiger partial charge in [-0.25, -0.2) is 0 Å². The molecule has 0 saturated carbocycles. The van der Waals surface area contributed by atoms with E-state index in [0.29, 0.717) is 10.8 Å². The predicted molar refractivity (Wildman–Crippen MR) is 60.6 cm³/mol. The maximum absolute atomic E-state index is 2.30. The lowest BCUT2D eigenvalue weighted by Crippen LogP contribution is -2.12. The van der Waals surface area contributed by atoms with E-state index in [1.807, 2.05) is 0 Å². The van der Waals surface area contributed by atoms with Crippen LogP contribution in [-0.2, 0) is 0 Å². The van der Waals surface area contributed by atoms with Crippen LogP contribution in [0.4, 0.5) is 0 Å². The third-order valence-corrected chi connectivity index (χ3v) is 1.62. The molecule has 0 rings (SSSR count). The van der Waals surface area contributed by atoms with Gasteiger partial charge in [-0.2, -0.15) is 0 Å². The van der Waals surface area contributed by atoms with Crippen LogP contribution in [0.1, 0.15) is 61.8 Å². The molecule has 0 aliphatic heterocycles. The van der Waals surface area contributed by atoms with Crippen molar-refractivity contribution in [2.75, 3.05) is 0 Å². The molecule has 12 heavy (non-hydrogen) atoms. The van der Waals surface area contributed by atoms with Crippen LogP contribution >= 0.6 is 0 Å². The molecular formula is C11H26B. The normalized spacial score (nSPS) is 11.5. The molecule has 0 heterocycles. The van der Waals surface area contributed by atoms with E-state index in [4.69, 9.17) is 0 Å². The van der Waals surface area contributed by atoms with E-state index < -0.39 is 0 Å². The first-order valence-corrected chi connectivity index (χ1v) is 4.21. The van der Waals surface area contributed by atoms with E-state index in [2.05, 4.69) is 41.5 Å². The van der Waals surface area contributed by atoms with Gasteiger partial charge in [-0.3, -0.25) is 0 Å². The minimum absolute atomic E-state index is 0. The fraction of sp³-hybridized carbons (Fsp3) is 1.00. The van der Waals surface area contributed by atoms with Gasteiger partial charge in [0.2, 0.25) is 0 Å². The minimum atomic E-state index is 0. The molecule has 0 atom stereocenters. The lowest BCUT2D eigenvalue weighted by Gasteiger charge is -2.24. The second kappa shape index (κ2) is 5.67. The number of hydrogen-bond donors (Lipinski definition) is 0. The molecule has 0 fully saturated rings. The van der Waals surface area contributed by atoms with Crippen LogP contribution in [0.25, 0.3) is 0 Å². The van der Waals surface area contributed by atoms with Crippen molar-refractivity contribution in [3.8, 4) is 0 Å². The molecule has 0 unspecified atom stereocenters. The molecule has 0 aromatic carbocycles. The molecule has 0 N–H and O–H groups in total. The van der Waals surface area contributed by atoms with E-state index in [9.17, 15) is 0 Å². The highest BCUT2D eigenvalue weighted by atomic mass is 14.2. The summed E-state index contributed by atoms with van der Waals surface area (Å²) in [4.78, 5) is 0.